The van der Waals surface area contributed by atoms with Gasteiger partial charge in [0.25, 0.3) is 0 Å². The summed E-state index contributed by atoms with van der Waals surface area (Å²) >= 11 is 0. The van der Waals surface area contributed by atoms with Crippen LogP contribution < -0.4 is 17.4 Å². The number of rotatable bonds is 3. The molecule has 6 nitrogen and oxygen atoms in total. The molecule has 1 aromatic carbocycles. The molecule has 3 rings (SSSR count). The maximum absolute atomic E-state index is 5.31. The average Bonchev–Trinajstić information content (AvgIpc) is 3.01. The first-order valence-corrected chi connectivity index (χ1v) is 6.02. The van der Waals surface area contributed by atoms with E-state index in [4.69, 9.17) is 4.52 Å². The van der Waals surface area contributed by atoms with E-state index < -0.39 is 0 Å². The molecule has 0 bridgehead atoms. The van der Waals surface area contributed by atoms with Crippen LogP contribution >= 0.6 is 0 Å². The topological polar surface area (TPSA) is 70.9 Å². The van der Waals surface area contributed by atoms with Crippen molar-refractivity contribution in [3.05, 3.63) is 47.9 Å². The van der Waals surface area contributed by atoms with Crippen LogP contribution in [0.4, 0.5) is 0 Å². The van der Waals surface area contributed by atoms with E-state index in [-0.39, 0.29) is 12.4 Å². The lowest BCUT2D eigenvalue weighted by Gasteiger charge is -1.95. The predicted molar refractivity (Wildman–Crippen MR) is 67.1 cm³/mol. The van der Waals surface area contributed by atoms with Gasteiger partial charge in [-0.2, -0.15) is 5.10 Å². The molecule has 0 aliphatic carbocycles. The summed E-state index contributed by atoms with van der Waals surface area (Å²) < 4.78 is 7.06. The fourth-order valence-corrected chi connectivity index (χ4v) is 1.92. The molecule has 0 amide bonds. The number of benzene rings is 1. The van der Waals surface area contributed by atoms with Gasteiger partial charge in [-0.25, -0.2) is 19.2 Å². The van der Waals surface area contributed by atoms with Crippen LogP contribution in [0.15, 0.2) is 35.1 Å². The maximum Gasteiger partial charge on any atom is 0.378 e. The highest BCUT2D eigenvalue weighted by molar-refractivity contribution is 5.56. The fraction of sp³-hybridized carbons (Fsp3) is 0.231. The van der Waals surface area contributed by atoms with E-state index in [1.54, 1.807) is 4.68 Å². The molecule has 0 saturated heterocycles. The summed E-state index contributed by atoms with van der Waals surface area (Å²) in [7, 11) is 0. The quantitative estimate of drug-likeness (QED) is 0.584. The second-order valence-electron chi connectivity index (χ2n) is 4.36. The van der Waals surface area contributed by atoms with Crippen molar-refractivity contribution in [2.24, 2.45) is 0 Å². The van der Waals surface area contributed by atoms with Crippen LogP contribution in [0.25, 0.3) is 11.4 Å². The normalized spacial score (nSPS) is 10.3. The average molecular weight is 292 g/mol. The minimum atomic E-state index is 0. The smallest absolute Gasteiger partial charge is 0.378 e. The van der Waals surface area contributed by atoms with Gasteiger partial charge in [-0.3, -0.25) is 0 Å². The van der Waals surface area contributed by atoms with Gasteiger partial charge in [-0.05, 0) is 25.5 Å². The van der Waals surface area contributed by atoms with Gasteiger partial charge >= 0.3 is 11.7 Å². The third-order valence-electron chi connectivity index (χ3n) is 3.01. The van der Waals surface area contributed by atoms with Gasteiger partial charge in [0, 0.05) is 0 Å². The molecular formula is C13H14ClN5O. The highest BCUT2D eigenvalue weighted by atomic mass is 35.5. The Morgan fingerprint density at radius 3 is 2.75 bits per heavy atom. The van der Waals surface area contributed by atoms with Crippen molar-refractivity contribution in [1.29, 1.82) is 0 Å². The van der Waals surface area contributed by atoms with Crippen molar-refractivity contribution in [1.82, 2.24) is 19.9 Å². The lowest BCUT2D eigenvalue weighted by molar-refractivity contribution is -0.386. The second kappa shape index (κ2) is 5.83. The molecule has 7 heteroatoms. The molecule has 0 aliphatic heterocycles. The van der Waals surface area contributed by atoms with Crippen molar-refractivity contribution >= 4 is 0 Å². The Morgan fingerprint density at radius 2 is 2.05 bits per heavy atom. The van der Waals surface area contributed by atoms with E-state index in [2.05, 4.69) is 20.2 Å². The SMILES string of the molecule is Cc1ccccc1-c1noc(Cn2ncnc2C)[nH+]1.[Cl-]. The lowest BCUT2D eigenvalue weighted by Crippen LogP contribution is -3.00. The molecule has 0 atom stereocenters. The zero-order valence-electron chi connectivity index (χ0n) is 11.2. The number of H-pyrrole nitrogens is 1. The second-order valence-corrected chi connectivity index (χ2v) is 4.36. The number of hydrogen-bond acceptors (Lipinski definition) is 4. The van der Waals surface area contributed by atoms with E-state index in [1.165, 1.54) is 6.33 Å². The lowest BCUT2D eigenvalue weighted by atomic mass is 10.1. The van der Waals surface area contributed by atoms with E-state index in [1.807, 2.05) is 38.1 Å². The van der Waals surface area contributed by atoms with Crippen LogP contribution in [0.1, 0.15) is 17.3 Å². The number of hydrogen-bond donors (Lipinski definition) is 0. The van der Waals surface area contributed by atoms with Gasteiger partial charge in [0.1, 0.15) is 18.7 Å². The number of aromatic amines is 1. The summed E-state index contributed by atoms with van der Waals surface area (Å²) in [6.07, 6.45) is 1.52. The highest BCUT2D eigenvalue weighted by Gasteiger charge is 2.19. The van der Waals surface area contributed by atoms with Gasteiger partial charge in [-0.1, -0.05) is 18.2 Å². The molecule has 0 saturated carbocycles. The fourth-order valence-electron chi connectivity index (χ4n) is 1.92. The molecule has 2 heterocycles. The third-order valence-corrected chi connectivity index (χ3v) is 3.01. The summed E-state index contributed by atoms with van der Waals surface area (Å²) in [6.45, 7) is 4.43. The van der Waals surface area contributed by atoms with Crippen LogP contribution in [0.3, 0.4) is 0 Å². The Balaban J connectivity index is 0.00000147. The minimum absolute atomic E-state index is 0. The van der Waals surface area contributed by atoms with Gasteiger partial charge in [0.05, 0.1) is 5.56 Å². The van der Waals surface area contributed by atoms with Crippen molar-refractivity contribution in [3.8, 4) is 11.4 Å². The summed E-state index contributed by atoms with van der Waals surface area (Å²) in [4.78, 5) is 7.24. The number of halogens is 1. The molecule has 1 N–H and O–H groups in total. The molecule has 0 fully saturated rings. The molecular weight excluding hydrogens is 278 g/mol. The van der Waals surface area contributed by atoms with Gasteiger partial charge in [-0.15, -0.1) is 0 Å². The number of aromatic nitrogens is 5. The number of nitrogens with zero attached hydrogens (tertiary/aromatic N) is 4. The van der Waals surface area contributed by atoms with Crippen LogP contribution in [0.5, 0.6) is 0 Å². The van der Waals surface area contributed by atoms with E-state index in [9.17, 15) is 0 Å². The Morgan fingerprint density at radius 1 is 1.25 bits per heavy atom. The molecule has 2 aromatic heterocycles. The maximum atomic E-state index is 5.31. The standard InChI is InChI=1S/C13H13N5O.ClH/c1-9-5-3-4-6-11(9)13-16-12(19-17-13)7-18-10(2)14-8-15-18;/h3-6,8H,7H2,1-2H3;1H. The molecule has 0 spiro atoms. The van der Waals surface area contributed by atoms with Gasteiger partial charge in [0.15, 0.2) is 5.16 Å². The highest BCUT2D eigenvalue weighted by Crippen LogP contribution is 2.17. The number of aryl methyl sites for hydroxylation is 2. The van der Waals surface area contributed by atoms with Gasteiger partial charge < -0.3 is 12.4 Å². The summed E-state index contributed by atoms with van der Waals surface area (Å²) in [5.74, 6) is 2.21. The van der Waals surface area contributed by atoms with Crippen molar-refractivity contribution < 1.29 is 21.9 Å². The predicted octanol–water partition coefficient (Wildman–Crippen LogP) is -1.58. The van der Waals surface area contributed by atoms with Crippen LogP contribution in [0, 0.1) is 13.8 Å². The molecule has 20 heavy (non-hydrogen) atoms. The van der Waals surface area contributed by atoms with Crippen molar-refractivity contribution in [2.45, 2.75) is 20.4 Å². The molecule has 0 unspecified atom stereocenters. The largest absolute Gasteiger partial charge is 1.00 e. The zero-order valence-corrected chi connectivity index (χ0v) is 11.9. The van der Waals surface area contributed by atoms with Gasteiger partial charge in [0.2, 0.25) is 0 Å². The van der Waals surface area contributed by atoms with E-state index in [0.717, 1.165) is 22.8 Å². The molecule has 0 radical (unpaired) electrons. The van der Waals surface area contributed by atoms with Crippen LogP contribution in [0.2, 0.25) is 0 Å². The first-order chi connectivity index (χ1) is 9.24. The Kier molecular flexibility index (Phi) is 4.14. The Bertz CT molecular complexity index is 706. The Labute approximate surface area is 122 Å². The molecule has 104 valence electrons. The first-order valence-electron chi connectivity index (χ1n) is 6.02. The monoisotopic (exact) mass is 291 g/mol. The van der Waals surface area contributed by atoms with E-state index >= 15 is 0 Å². The van der Waals surface area contributed by atoms with Crippen LogP contribution in [-0.4, -0.2) is 19.9 Å². The third kappa shape index (κ3) is 2.70. The molecule has 3 aromatic rings. The molecule has 0 aliphatic rings. The van der Waals surface area contributed by atoms with Crippen molar-refractivity contribution in [2.75, 3.05) is 0 Å². The minimum Gasteiger partial charge on any atom is -1.00 e. The van der Waals surface area contributed by atoms with Crippen LogP contribution in [-0.2, 0) is 6.54 Å². The first kappa shape index (κ1) is 14.2. The van der Waals surface area contributed by atoms with Crippen molar-refractivity contribution in [3.63, 3.8) is 0 Å². The zero-order chi connectivity index (χ0) is 13.2. The summed E-state index contributed by atoms with van der Waals surface area (Å²) in [5, 5.41) is 8.17. The van der Waals surface area contributed by atoms with E-state index in [0.29, 0.717) is 12.4 Å². The summed E-state index contributed by atoms with van der Waals surface area (Å²) in [5.41, 5.74) is 2.18. The Hall–Kier alpha value is -2.21. The summed E-state index contributed by atoms with van der Waals surface area (Å²) in [6, 6.07) is 8.03. The number of nitrogens with one attached hydrogen (secondary N) is 1.